The maximum absolute atomic E-state index is 13.1. The SMILES string of the molecule is COc1cc(OC)cc(C(=O)N2CCCc3cccc(C)c32)c1. The Labute approximate surface area is 136 Å². The van der Waals surface area contributed by atoms with Crippen molar-refractivity contribution in [1.29, 1.82) is 0 Å². The Kier molecular flexibility index (Phi) is 4.24. The Hall–Kier alpha value is -2.49. The monoisotopic (exact) mass is 311 g/mol. The molecular weight excluding hydrogens is 290 g/mol. The van der Waals surface area contributed by atoms with Gasteiger partial charge in [0.1, 0.15) is 11.5 Å². The van der Waals surface area contributed by atoms with E-state index < -0.39 is 0 Å². The molecule has 0 unspecified atom stereocenters. The number of methoxy groups -OCH3 is 2. The molecule has 0 aliphatic carbocycles. The van der Waals surface area contributed by atoms with Crippen molar-refractivity contribution in [2.75, 3.05) is 25.7 Å². The van der Waals surface area contributed by atoms with E-state index in [0.717, 1.165) is 30.6 Å². The van der Waals surface area contributed by atoms with Crippen molar-refractivity contribution >= 4 is 11.6 Å². The van der Waals surface area contributed by atoms with E-state index in [1.165, 1.54) is 5.56 Å². The summed E-state index contributed by atoms with van der Waals surface area (Å²) < 4.78 is 10.6. The van der Waals surface area contributed by atoms with Gasteiger partial charge in [-0.15, -0.1) is 0 Å². The molecule has 1 aliphatic rings. The van der Waals surface area contributed by atoms with Gasteiger partial charge in [-0.3, -0.25) is 4.79 Å². The standard InChI is InChI=1S/C19H21NO3/c1-13-6-4-7-14-8-5-9-20(18(13)14)19(21)15-10-16(22-2)12-17(11-15)23-3/h4,6-7,10-12H,5,8-9H2,1-3H3. The zero-order valence-corrected chi connectivity index (χ0v) is 13.8. The average molecular weight is 311 g/mol. The first kappa shape index (κ1) is 15.4. The Morgan fingerprint density at radius 3 is 2.43 bits per heavy atom. The molecule has 0 fully saturated rings. The summed E-state index contributed by atoms with van der Waals surface area (Å²) in [5.74, 6) is 1.22. The molecule has 120 valence electrons. The first-order chi connectivity index (χ1) is 11.1. The van der Waals surface area contributed by atoms with Crippen molar-refractivity contribution < 1.29 is 14.3 Å². The molecule has 0 bridgehead atoms. The summed E-state index contributed by atoms with van der Waals surface area (Å²) in [6.07, 6.45) is 1.99. The molecule has 4 heteroatoms. The lowest BCUT2D eigenvalue weighted by atomic mass is 9.97. The number of anilines is 1. The van der Waals surface area contributed by atoms with Crippen molar-refractivity contribution in [3.8, 4) is 11.5 Å². The maximum atomic E-state index is 13.1. The summed E-state index contributed by atoms with van der Waals surface area (Å²) in [6, 6.07) is 11.5. The second kappa shape index (κ2) is 6.32. The Bertz CT molecular complexity index is 717. The molecule has 0 N–H and O–H groups in total. The Balaban J connectivity index is 2.03. The van der Waals surface area contributed by atoms with Crippen molar-refractivity contribution in [3.05, 3.63) is 53.1 Å². The third kappa shape index (κ3) is 2.89. The van der Waals surface area contributed by atoms with E-state index in [1.807, 2.05) is 4.90 Å². The van der Waals surface area contributed by atoms with E-state index in [4.69, 9.17) is 9.47 Å². The lowest BCUT2D eigenvalue weighted by Crippen LogP contribution is -2.36. The summed E-state index contributed by atoms with van der Waals surface area (Å²) >= 11 is 0. The van der Waals surface area contributed by atoms with Gasteiger partial charge in [0.25, 0.3) is 5.91 Å². The molecule has 3 rings (SSSR count). The fourth-order valence-corrected chi connectivity index (χ4v) is 3.14. The minimum atomic E-state index is -0.0162. The van der Waals surface area contributed by atoms with Gasteiger partial charge in [-0.05, 0) is 43.0 Å². The highest BCUT2D eigenvalue weighted by Gasteiger charge is 2.25. The molecule has 0 spiro atoms. The van der Waals surface area contributed by atoms with Gasteiger partial charge in [0.05, 0.1) is 19.9 Å². The number of fused-ring (bicyclic) bond motifs is 1. The summed E-state index contributed by atoms with van der Waals surface area (Å²) in [4.78, 5) is 14.9. The van der Waals surface area contributed by atoms with Gasteiger partial charge in [0.15, 0.2) is 0 Å². The quantitative estimate of drug-likeness (QED) is 0.869. The van der Waals surface area contributed by atoms with E-state index in [2.05, 4.69) is 25.1 Å². The molecule has 23 heavy (non-hydrogen) atoms. The summed E-state index contributed by atoms with van der Waals surface area (Å²) in [5.41, 5.74) is 3.99. The van der Waals surface area contributed by atoms with Crippen LogP contribution in [-0.4, -0.2) is 26.7 Å². The topological polar surface area (TPSA) is 38.8 Å². The fraction of sp³-hybridized carbons (Fsp3) is 0.316. The number of carbonyl (C=O) groups excluding carboxylic acids is 1. The molecule has 0 saturated heterocycles. The van der Waals surface area contributed by atoms with Gasteiger partial charge in [-0.2, -0.15) is 0 Å². The van der Waals surface area contributed by atoms with Crippen molar-refractivity contribution in [2.45, 2.75) is 19.8 Å². The summed E-state index contributed by atoms with van der Waals surface area (Å²) in [7, 11) is 3.17. The highest BCUT2D eigenvalue weighted by molar-refractivity contribution is 6.07. The number of nitrogens with zero attached hydrogens (tertiary/aromatic N) is 1. The van der Waals surface area contributed by atoms with Crippen LogP contribution in [0.4, 0.5) is 5.69 Å². The van der Waals surface area contributed by atoms with E-state index in [-0.39, 0.29) is 5.91 Å². The first-order valence-corrected chi connectivity index (χ1v) is 7.77. The number of para-hydroxylation sites is 1. The van der Waals surface area contributed by atoms with Crippen LogP contribution in [0.2, 0.25) is 0 Å². The smallest absolute Gasteiger partial charge is 0.258 e. The lowest BCUT2D eigenvalue weighted by Gasteiger charge is -2.31. The third-order valence-electron chi connectivity index (χ3n) is 4.26. The minimum absolute atomic E-state index is 0.0162. The zero-order chi connectivity index (χ0) is 16.4. The number of rotatable bonds is 3. The highest BCUT2D eigenvalue weighted by Crippen LogP contribution is 2.32. The molecule has 4 nitrogen and oxygen atoms in total. The van der Waals surface area contributed by atoms with Crippen molar-refractivity contribution in [3.63, 3.8) is 0 Å². The van der Waals surface area contributed by atoms with Crippen LogP contribution < -0.4 is 14.4 Å². The van der Waals surface area contributed by atoms with Crippen molar-refractivity contribution in [1.82, 2.24) is 0 Å². The Morgan fingerprint density at radius 2 is 1.78 bits per heavy atom. The van der Waals surface area contributed by atoms with Crippen LogP contribution >= 0.6 is 0 Å². The van der Waals surface area contributed by atoms with Crippen LogP contribution in [0.25, 0.3) is 0 Å². The number of hydrogen-bond donors (Lipinski definition) is 0. The zero-order valence-electron chi connectivity index (χ0n) is 13.8. The molecule has 2 aromatic rings. The number of benzene rings is 2. The van der Waals surface area contributed by atoms with Crippen LogP contribution in [0, 0.1) is 6.92 Å². The Morgan fingerprint density at radius 1 is 1.09 bits per heavy atom. The van der Waals surface area contributed by atoms with Gasteiger partial charge >= 0.3 is 0 Å². The number of ether oxygens (including phenoxy) is 2. The maximum Gasteiger partial charge on any atom is 0.258 e. The molecule has 1 heterocycles. The molecule has 0 radical (unpaired) electrons. The largest absolute Gasteiger partial charge is 0.497 e. The molecule has 2 aromatic carbocycles. The second-order valence-corrected chi connectivity index (χ2v) is 5.74. The normalized spacial score (nSPS) is 13.4. The van der Waals surface area contributed by atoms with Crippen LogP contribution in [0.15, 0.2) is 36.4 Å². The molecule has 1 aliphatic heterocycles. The van der Waals surface area contributed by atoms with Crippen LogP contribution in [0.5, 0.6) is 11.5 Å². The van der Waals surface area contributed by atoms with E-state index in [0.29, 0.717) is 17.1 Å². The number of aryl methyl sites for hydroxylation is 2. The van der Waals surface area contributed by atoms with E-state index in [1.54, 1.807) is 32.4 Å². The molecule has 0 aromatic heterocycles. The van der Waals surface area contributed by atoms with E-state index in [9.17, 15) is 4.79 Å². The summed E-state index contributed by atoms with van der Waals surface area (Å²) in [6.45, 7) is 2.78. The summed E-state index contributed by atoms with van der Waals surface area (Å²) in [5, 5.41) is 0. The second-order valence-electron chi connectivity index (χ2n) is 5.74. The molecule has 1 amide bonds. The van der Waals surface area contributed by atoms with Gasteiger partial charge in [0.2, 0.25) is 0 Å². The first-order valence-electron chi connectivity index (χ1n) is 7.77. The predicted molar refractivity (Wildman–Crippen MR) is 90.7 cm³/mol. The van der Waals surface area contributed by atoms with Crippen molar-refractivity contribution in [2.24, 2.45) is 0 Å². The van der Waals surface area contributed by atoms with Gasteiger partial charge in [-0.25, -0.2) is 0 Å². The third-order valence-corrected chi connectivity index (χ3v) is 4.26. The lowest BCUT2D eigenvalue weighted by molar-refractivity contribution is 0.0984. The number of hydrogen-bond acceptors (Lipinski definition) is 3. The number of amides is 1. The van der Waals surface area contributed by atoms with E-state index >= 15 is 0 Å². The predicted octanol–water partition coefficient (Wildman–Crippen LogP) is 3.61. The molecular formula is C19H21NO3. The van der Waals surface area contributed by atoms with Crippen LogP contribution in [-0.2, 0) is 6.42 Å². The van der Waals surface area contributed by atoms with Gasteiger partial charge < -0.3 is 14.4 Å². The highest BCUT2D eigenvalue weighted by atomic mass is 16.5. The molecule has 0 saturated carbocycles. The van der Waals surface area contributed by atoms with Crippen LogP contribution in [0.3, 0.4) is 0 Å². The number of carbonyl (C=O) groups is 1. The average Bonchev–Trinajstić information content (AvgIpc) is 2.60. The fourth-order valence-electron chi connectivity index (χ4n) is 3.14. The van der Waals surface area contributed by atoms with Crippen LogP contribution in [0.1, 0.15) is 27.9 Å². The van der Waals surface area contributed by atoms with Gasteiger partial charge in [-0.1, -0.05) is 18.2 Å². The molecule has 0 atom stereocenters. The van der Waals surface area contributed by atoms with Gasteiger partial charge in [0, 0.05) is 18.2 Å². The minimum Gasteiger partial charge on any atom is -0.497 e.